The number of amides is 1. The average molecular weight is 380 g/mol. The molecule has 0 aromatic heterocycles. The molecule has 142 valence electrons. The third-order valence-electron chi connectivity index (χ3n) is 5.53. The first kappa shape index (κ1) is 19.1. The van der Waals surface area contributed by atoms with Crippen LogP contribution in [0.25, 0.3) is 0 Å². The molecule has 2 aliphatic rings. The highest BCUT2D eigenvalue weighted by molar-refractivity contribution is 6.30. The summed E-state index contributed by atoms with van der Waals surface area (Å²) in [5, 5.41) is 3.78. The topological polar surface area (TPSA) is 61.9 Å². The summed E-state index contributed by atoms with van der Waals surface area (Å²) in [6.07, 6.45) is 1.98. The van der Waals surface area contributed by atoms with E-state index in [0.29, 0.717) is 31.0 Å². The molecule has 26 heavy (non-hydrogen) atoms. The first-order valence-corrected chi connectivity index (χ1v) is 9.42. The van der Waals surface area contributed by atoms with Gasteiger partial charge in [-0.1, -0.05) is 23.7 Å². The zero-order valence-corrected chi connectivity index (χ0v) is 16.0. The van der Waals surface area contributed by atoms with Gasteiger partial charge >= 0.3 is 5.97 Å². The highest BCUT2D eigenvalue weighted by atomic mass is 35.5. The van der Waals surface area contributed by atoms with Gasteiger partial charge in [-0.25, -0.2) is 0 Å². The molecule has 0 saturated carbocycles. The minimum absolute atomic E-state index is 0.0712. The van der Waals surface area contributed by atoms with E-state index in [1.165, 1.54) is 7.11 Å². The monoisotopic (exact) mass is 379 g/mol. The smallest absolute Gasteiger partial charge is 0.305 e. The minimum Gasteiger partial charge on any atom is -0.469 e. The number of likely N-dealkylation sites (tertiary alicyclic amines) is 1. The standard InChI is InChI=1S/C19H26ClN3O3/c1-22-15(6-7-17(24)26-2)11-21-19(25)18-16(22)8-9-23(18)12-13-4-3-5-14(20)10-13/h3-5,10,15-16,18H,6-9,11-12H2,1-2H3,(H,21,25)/t15-,16-,18-/m0/s1. The first-order valence-electron chi connectivity index (χ1n) is 9.04. The second kappa shape index (κ2) is 8.37. The molecule has 2 aliphatic heterocycles. The summed E-state index contributed by atoms with van der Waals surface area (Å²) in [5.74, 6) is -0.138. The maximum absolute atomic E-state index is 12.8. The zero-order chi connectivity index (χ0) is 18.7. The molecule has 2 fully saturated rings. The molecule has 0 spiro atoms. The SMILES string of the molecule is COC(=O)CC[C@H]1CNC(=O)[C@@H]2[C@H](CCN2Cc2cccc(Cl)c2)N1C. The minimum atomic E-state index is -0.209. The lowest BCUT2D eigenvalue weighted by Gasteiger charge is -2.33. The number of rotatable bonds is 5. The molecular weight excluding hydrogens is 354 g/mol. The normalized spacial score (nSPS) is 26.9. The number of hydrogen-bond acceptors (Lipinski definition) is 5. The lowest BCUT2D eigenvalue weighted by Crippen LogP contribution is -2.49. The van der Waals surface area contributed by atoms with Crippen molar-refractivity contribution in [2.75, 3.05) is 27.2 Å². The fourth-order valence-corrected chi connectivity index (χ4v) is 4.30. The molecule has 0 bridgehead atoms. The van der Waals surface area contributed by atoms with Crippen molar-refractivity contribution in [2.45, 2.75) is 43.9 Å². The number of carbonyl (C=O) groups excluding carboxylic acids is 2. The van der Waals surface area contributed by atoms with E-state index in [1.54, 1.807) is 0 Å². The molecule has 1 aromatic rings. The van der Waals surface area contributed by atoms with E-state index in [1.807, 2.05) is 24.3 Å². The van der Waals surface area contributed by atoms with Gasteiger partial charge in [0.25, 0.3) is 0 Å². The Kier molecular flexibility index (Phi) is 6.16. The number of nitrogens with one attached hydrogen (secondary N) is 1. The van der Waals surface area contributed by atoms with Crippen molar-refractivity contribution in [3.05, 3.63) is 34.9 Å². The van der Waals surface area contributed by atoms with E-state index in [9.17, 15) is 9.59 Å². The van der Waals surface area contributed by atoms with Crippen LogP contribution >= 0.6 is 11.6 Å². The van der Waals surface area contributed by atoms with Gasteiger partial charge in [-0.15, -0.1) is 0 Å². The Morgan fingerprint density at radius 2 is 2.23 bits per heavy atom. The molecule has 1 amide bonds. The van der Waals surface area contributed by atoms with E-state index >= 15 is 0 Å². The van der Waals surface area contributed by atoms with Crippen LogP contribution in [-0.4, -0.2) is 67.0 Å². The lowest BCUT2D eigenvalue weighted by molar-refractivity contribution is -0.141. The zero-order valence-electron chi connectivity index (χ0n) is 15.3. The van der Waals surface area contributed by atoms with Gasteiger partial charge in [0.1, 0.15) is 6.04 Å². The number of likely N-dealkylation sites (N-methyl/N-ethyl adjacent to an activating group) is 1. The van der Waals surface area contributed by atoms with Gasteiger partial charge < -0.3 is 10.1 Å². The van der Waals surface area contributed by atoms with E-state index in [4.69, 9.17) is 16.3 Å². The summed E-state index contributed by atoms with van der Waals surface area (Å²) in [6.45, 7) is 2.13. The van der Waals surface area contributed by atoms with Crippen molar-refractivity contribution in [2.24, 2.45) is 0 Å². The van der Waals surface area contributed by atoms with Gasteiger partial charge in [0.05, 0.1) is 7.11 Å². The predicted molar refractivity (Wildman–Crippen MR) is 99.9 cm³/mol. The Balaban J connectivity index is 1.70. The molecule has 3 rings (SSSR count). The number of halogens is 1. The summed E-state index contributed by atoms with van der Waals surface area (Å²) in [5.41, 5.74) is 1.11. The third kappa shape index (κ3) is 4.19. The van der Waals surface area contributed by atoms with E-state index in [0.717, 1.165) is 18.5 Å². The van der Waals surface area contributed by atoms with Crippen LogP contribution in [0.4, 0.5) is 0 Å². The molecule has 3 atom stereocenters. The molecule has 0 aliphatic carbocycles. The molecule has 1 N–H and O–H groups in total. The van der Waals surface area contributed by atoms with Crippen LogP contribution in [0.2, 0.25) is 5.02 Å². The number of esters is 1. The largest absolute Gasteiger partial charge is 0.469 e. The average Bonchev–Trinajstić information content (AvgIpc) is 2.99. The van der Waals surface area contributed by atoms with Crippen LogP contribution in [0.5, 0.6) is 0 Å². The predicted octanol–water partition coefficient (Wildman–Crippen LogP) is 1.67. The second-order valence-electron chi connectivity index (χ2n) is 7.08. The molecule has 1 aromatic carbocycles. The molecule has 7 heteroatoms. The molecule has 0 unspecified atom stereocenters. The van der Waals surface area contributed by atoms with Crippen LogP contribution in [0.1, 0.15) is 24.8 Å². The van der Waals surface area contributed by atoms with E-state index in [-0.39, 0.29) is 30.0 Å². The van der Waals surface area contributed by atoms with Gasteiger partial charge in [-0.05, 0) is 37.6 Å². The first-order chi connectivity index (χ1) is 12.5. The van der Waals surface area contributed by atoms with E-state index < -0.39 is 0 Å². The number of hydrogen-bond donors (Lipinski definition) is 1. The van der Waals surface area contributed by atoms with Crippen molar-refractivity contribution < 1.29 is 14.3 Å². The lowest BCUT2D eigenvalue weighted by atomic mass is 10.0. The van der Waals surface area contributed by atoms with Gasteiger partial charge in [0.15, 0.2) is 0 Å². The molecular formula is C19H26ClN3O3. The number of carbonyl (C=O) groups is 2. The fourth-order valence-electron chi connectivity index (χ4n) is 4.08. The summed E-state index contributed by atoms with van der Waals surface area (Å²) in [7, 11) is 3.46. The Labute approximate surface area is 159 Å². The number of methoxy groups -OCH3 is 1. The van der Waals surface area contributed by atoms with Gasteiger partial charge in [-0.2, -0.15) is 0 Å². The molecule has 0 radical (unpaired) electrons. The summed E-state index contributed by atoms with van der Waals surface area (Å²) in [4.78, 5) is 28.7. The maximum Gasteiger partial charge on any atom is 0.305 e. The number of benzene rings is 1. The van der Waals surface area contributed by atoms with Crippen LogP contribution in [0.15, 0.2) is 24.3 Å². The van der Waals surface area contributed by atoms with Gasteiger partial charge in [0.2, 0.25) is 5.91 Å². The second-order valence-corrected chi connectivity index (χ2v) is 7.52. The van der Waals surface area contributed by atoms with Crippen molar-refractivity contribution in [3.8, 4) is 0 Å². The van der Waals surface area contributed by atoms with Gasteiger partial charge in [-0.3, -0.25) is 19.4 Å². The molecule has 2 heterocycles. The maximum atomic E-state index is 12.8. The number of ether oxygens (including phenoxy) is 1. The highest BCUT2D eigenvalue weighted by Gasteiger charge is 2.44. The number of nitrogens with zero attached hydrogens (tertiary/aromatic N) is 2. The third-order valence-corrected chi connectivity index (χ3v) is 5.77. The Hall–Kier alpha value is -1.63. The molecule has 6 nitrogen and oxygen atoms in total. The van der Waals surface area contributed by atoms with Crippen molar-refractivity contribution in [3.63, 3.8) is 0 Å². The Bertz CT molecular complexity index is 669. The summed E-state index contributed by atoms with van der Waals surface area (Å²) < 4.78 is 4.74. The highest BCUT2D eigenvalue weighted by Crippen LogP contribution is 2.29. The van der Waals surface area contributed by atoms with Crippen molar-refractivity contribution in [1.82, 2.24) is 15.1 Å². The fraction of sp³-hybridized carbons (Fsp3) is 0.579. The molecule has 2 saturated heterocycles. The summed E-state index contributed by atoms with van der Waals surface area (Å²) >= 11 is 6.09. The van der Waals surface area contributed by atoms with Crippen LogP contribution in [0.3, 0.4) is 0 Å². The Morgan fingerprint density at radius 1 is 1.42 bits per heavy atom. The number of fused-ring (bicyclic) bond motifs is 1. The van der Waals surface area contributed by atoms with E-state index in [2.05, 4.69) is 22.2 Å². The van der Waals surface area contributed by atoms with Crippen LogP contribution in [0, 0.1) is 0 Å². The van der Waals surface area contributed by atoms with Crippen LogP contribution < -0.4 is 5.32 Å². The Morgan fingerprint density at radius 3 is 2.96 bits per heavy atom. The van der Waals surface area contributed by atoms with Crippen molar-refractivity contribution in [1.29, 1.82) is 0 Å². The van der Waals surface area contributed by atoms with Gasteiger partial charge in [0, 0.05) is 43.2 Å². The quantitative estimate of drug-likeness (QED) is 0.788. The van der Waals surface area contributed by atoms with Crippen molar-refractivity contribution >= 4 is 23.5 Å². The summed E-state index contributed by atoms with van der Waals surface area (Å²) in [6, 6.07) is 7.90. The van der Waals surface area contributed by atoms with Crippen LogP contribution in [-0.2, 0) is 20.9 Å².